The molecule has 2 heterocycles. The lowest BCUT2D eigenvalue weighted by Crippen LogP contribution is -2.75. The van der Waals surface area contributed by atoms with E-state index in [1.54, 1.807) is 0 Å². The molecule has 8 unspecified atom stereocenters. The molecule has 8 aliphatic rings. The Balaban J connectivity index is 1.17. The fourth-order valence-electron chi connectivity index (χ4n) is 12.8. The van der Waals surface area contributed by atoms with Crippen LogP contribution in [-0.2, 0) is 26.3 Å². The van der Waals surface area contributed by atoms with Crippen LogP contribution in [-0.4, -0.2) is 18.5 Å². The lowest BCUT2D eigenvalue weighted by molar-refractivity contribution is -0.271. The topological polar surface area (TPSA) is 78.6 Å². The fourth-order valence-corrected chi connectivity index (χ4v) is 12.8. The summed E-state index contributed by atoms with van der Waals surface area (Å²) in [5, 5.41) is 0. The molecule has 2 spiro atoms. The number of carbonyl (C=O) groups is 2. The van der Waals surface area contributed by atoms with Crippen LogP contribution in [0.4, 0.5) is 0 Å². The number of benzene rings is 1. The van der Waals surface area contributed by atoms with Crippen molar-refractivity contribution in [2.75, 3.05) is 6.54 Å². The van der Waals surface area contributed by atoms with Gasteiger partial charge >= 0.3 is 11.9 Å². The number of esters is 2. The monoisotopic (exact) mass is 633 g/mol. The van der Waals surface area contributed by atoms with Crippen molar-refractivity contribution < 1.29 is 19.1 Å². The van der Waals surface area contributed by atoms with Gasteiger partial charge in [-0.1, -0.05) is 86.8 Å². The van der Waals surface area contributed by atoms with Crippen molar-refractivity contribution in [1.82, 2.24) is 0 Å². The van der Waals surface area contributed by atoms with Crippen LogP contribution in [0.5, 0.6) is 0 Å². The normalized spacial score (nSPS) is 42.0. The Labute approximate surface area is 280 Å². The van der Waals surface area contributed by atoms with Crippen LogP contribution in [0.15, 0.2) is 66.5 Å². The first-order chi connectivity index (χ1) is 23.0. The molecule has 2 aliphatic heterocycles. The molecule has 0 radical (unpaired) electrons. The molecule has 0 amide bonds. The minimum absolute atomic E-state index is 0.117. The molecule has 5 heteroatoms. The average molecular weight is 634 g/mol. The number of ether oxygens (including phenoxy) is 2. The van der Waals surface area contributed by atoms with Crippen molar-refractivity contribution in [2.24, 2.45) is 51.6 Å². The van der Waals surface area contributed by atoms with E-state index < -0.39 is 16.4 Å². The number of cyclic esters (lactones) is 1. The average Bonchev–Trinajstić information content (AvgIpc) is 3.71. The zero-order valence-corrected chi connectivity index (χ0v) is 27.9. The van der Waals surface area contributed by atoms with E-state index in [9.17, 15) is 9.59 Å². The molecular weight excluding hydrogens is 582 g/mol. The summed E-state index contributed by atoms with van der Waals surface area (Å²) in [6.07, 6.45) is 33.8. The Hall–Kier alpha value is -2.92. The van der Waals surface area contributed by atoms with Gasteiger partial charge in [0.05, 0.1) is 11.0 Å². The third-order valence-corrected chi connectivity index (χ3v) is 14.7. The van der Waals surface area contributed by atoms with Crippen LogP contribution in [0.25, 0.3) is 0 Å². The maximum Gasteiger partial charge on any atom is 0.339 e. The largest absolute Gasteiger partial charge is 0.449 e. The second-order valence-electron chi connectivity index (χ2n) is 16.4. The maximum absolute atomic E-state index is 14.6. The van der Waals surface area contributed by atoms with Gasteiger partial charge < -0.3 is 15.2 Å². The van der Waals surface area contributed by atoms with Gasteiger partial charge in [0.2, 0.25) is 0 Å². The van der Waals surface area contributed by atoms with Gasteiger partial charge in [-0.25, -0.2) is 4.79 Å². The summed E-state index contributed by atoms with van der Waals surface area (Å²) in [6, 6.07) is 6.32. The molecule has 1 aromatic rings. The molecule has 0 aromatic heterocycles. The summed E-state index contributed by atoms with van der Waals surface area (Å²) in [5.41, 5.74) is 6.51. The second-order valence-corrected chi connectivity index (χ2v) is 16.4. The van der Waals surface area contributed by atoms with Crippen LogP contribution in [0.2, 0.25) is 0 Å². The van der Waals surface area contributed by atoms with Crippen molar-refractivity contribution in [1.29, 1.82) is 0 Å². The summed E-state index contributed by atoms with van der Waals surface area (Å²) in [7, 11) is 0. The number of hydrogen-bond donors (Lipinski definition) is 1. The molecule has 47 heavy (non-hydrogen) atoms. The number of fused-ring (bicyclic) bond motifs is 2. The minimum Gasteiger partial charge on any atom is -0.449 e. The highest BCUT2D eigenvalue weighted by molar-refractivity contribution is 5.99. The lowest BCUT2D eigenvalue weighted by Gasteiger charge is -2.68. The highest BCUT2D eigenvalue weighted by atomic mass is 16.6. The van der Waals surface area contributed by atoms with Gasteiger partial charge in [-0.2, -0.15) is 0 Å². The molecule has 6 aliphatic carbocycles. The van der Waals surface area contributed by atoms with Crippen LogP contribution in [0.1, 0.15) is 118 Å². The van der Waals surface area contributed by atoms with Gasteiger partial charge in [-0.15, -0.1) is 0 Å². The first kappa shape index (κ1) is 30.2. The summed E-state index contributed by atoms with van der Waals surface area (Å²) < 4.78 is 13.5. The van der Waals surface area contributed by atoms with E-state index in [2.05, 4.69) is 60.7 Å². The van der Waals surface area contributed by atoms with Crippen LogP contribution in [0, 0.1) is 45.8 Å². The summed E-state index contributed by atoms with van der Waals surface area (Å²) in [5.74, 6) is 2.67. The quantitative estimate of drug-likeness (QED) is 0.240. The van der Waals surface area contributed by atoms with Gasteiger partial charge in [0.15, 0.2) is 5.60 Å². The number of aryl methyl sites for hydroxylation is 1. The zero-order valence-electron chi connectivity index (χ0n) is 27.9. The van der Waals surface area contributed by atoms with E-state index >= 15 is 0 Å². The van der Waals surface area contributed by atoms with Crippen molar-refractivity contribution >= 4 is 11.9 Å². The summed E-state index contributed by atoms with van der Waals surface area (Å²) in [6.45, 7) is 0.580. The second kappa shape index (κ2) is 11.1. The van der Waals surface area contributed by atoms with Gasteiger partial charge in [0.1, 0.15) is 11.2 Å². The summed E-state index contributed by atoms with van der Waals surface area (Å²) >= 11 is 0. The fraction of sp³-hybridized carbons (Fsp3) is 0.619. The van der Waals surface area contributed by atoms with E-state index in [0.717, 1.165) is 79.7 Å². The van der Waals surface area contributed by atoms with Gasteiger partial charge in [0.25, 0.3) is 0 Å². The third kappa shape index (κ3) is 3.87. The first-order valence-corrected chi connectivity index (χ1v) is 19.0. The number of allylic oxidation sites excluding steroid dienone is 6. The number of carbonyl (C=O) groups excluding carboxylic acids is 2. The molecule has 4 saturated carbocycles. The smallest absolute Gasteiger partial charge is 0.339 e. The molecule has 5 fully saturated rings. The minimum atomic E-state index is -0.894. The zero-order chi connectivity index (χ0) is 31.9. The highest BCUT2D eigenvalue weighted by Crippen LogP contribution is 2.84. The Morgan fingerprint density at radius 1 is 0.957 bits per heavy atom. The first-order valence-electron chi connectivity index (χ1n) is 19.0. The van der Waals surface area contributed by atoms with Crippen LogP contribution in [0.3, 0.4) is 0 Å². The third-order valence-electron chi connectivity index (χ3n) is 14.7. The molecule has 2 N–H and O–H groups in total. The van der Waals surface area contributed by atoms with Gasteiger partial charge in [-0.05, 0) is 118 Å². The molecule has 1 aromatic carbocycles. The van der Waals surface area contributed by atoms with E-state index in [0.29, 0.717) is 24.3 Å². The van der Waals surface area contributed by atoms with E-state index in [1.807, 2.05) is 0 Å². The Bertz CT molecular complexity index is 1600. The van der Waals surface area contributed by atoms with Crippen LogP contribution >= 0.6 is 0 Å². The van der Waals surface area contributed by atoms with Crippen molar-refractivity contribution in [2.45, 2.75) is 108 Å². The Kier molecular flexibility index (Phi) is 7.09. The highest BCUT2D eigenvalue weighted by Gasteiger charge is 2.90. The molecular formula is C42H51NO4. The predicted molar refractivity (Wildman–Crippen MR) is 182 cm³/mol. The molecule has 9 rings (SSSR count). The summed E-state index contributed by atoms with van der Waals surface area (Å²) in [4.78, 5) is 28.8. The molecule has 248 valence electrons. The molecule has 8 atom stereocenters. The van der Waals surface area contributed by atoms with Crippen molar-refractivity contribution in [3.8, 4) is 0 Å². The predicted octanol–water partition coefficient (Wildman–Crippen LogP) is 8.64. The van der Waals surface area contributed by atoms with Crippen LogP contribution < -0.4 is 5.73 Å². The SMILES string of the molecule is NCCCc1cccc2c1C(=O)OC21C(CCC2CCCCC2)C23C=CCCC21C(=CC1CCC2CCC4C=CC=CC42C1)OC3=O. The Morgan fingerprint density at radius 3 is 2.70 bits per heavy atom. The molecule has 5 nitrogen and oxygen atoms in total. The van der Waals surface area contributed by atoms with Gasteiger partial charge in [-0.3, -0.25) is 4.79 Å². The maximum atomic E-state index is 14.6. The number of nitrogens with two attached hydrogens (primary N) is 1. The van der Waals surface area contributed by atoms with Gasteiger partial charge in [0, 0.05) is 11.5 Å². The molecule has 0 bridgehead atoms. The standard InChI is InChI=1S/C42H51NO4/c43-25-9-13-30-12-8-15-33-36(30)37(44)47-42(33)34(21-17-28-10-2-1-3-11-28)40-23-6-7-24-41(40,42)35(46-38(40)45)26-29-16-18-32-20-19-31-14-4-5-22-39(31,32)27-29/h4-6,8,12,14-15,22-23,26,28-29,31-32,34H,1-3,7,9-11,13,16-21,24-25,27,43H2. The molecule has 1 saturated heterocycles. The van der Waals surface area contributed by atoms with E-state index in [-0.39, 0.29) is 23.3 Å². The number of rotatable bonds is 7. The lowest BCUT2D eigenvalue weighted by atomic mass is 9.31. The van der Waals surface area contributed by atoms with E-state index in [1.165, 1.54) is 51.4 Å². The Morgan fingerprint density at radius 2 is 1.83 bits per heavy atom. The van der Waals surface area contributed by atoms with Crippen molar-refractivity contribution in [3.05, 3.63) is 83.2 Å². The van der Waals surface area contributed by atoms with Crippen molar-refractivity contribution in [3.63, 3.8) is 0 Å². The number of hydrogen-bond acceptors (Lipinski definition) is 5. The van der Waals surface area contributed by atoms with E-state index in [4.69, 9.17) is 15.2 Å².